The largest absolute Gasteiger partial charge is 0.388 e. The highest BCUT2D eigenvalue weighted by Crippen LogP contribution is 2.40. The Kier molecular flexibility index (Phi) is 7.07. The Bertz CT molecular complexity index is 1170. The molecule has 35 heavy (non-hydrogen) atoms. The van der Waals surface area contributed by atoms with Crippen LogP contribution in [0.1, 0.15) is 43.2 Å². The van der Waals surface area contributed by atoms with E-state index in [1.807, 2.05) is 13.3 Å². The molecule has 0 bridgehead atoms. The molecular formula is C32H35N3. The van der Waals surface area contributed by atoms with E-state index in [0.29, 0.717) is 0 Å². The van der Waals surface area contributed by atoms with E-state index in [-0.39, 0.29) is 5.41 Å². The van der Waals surface area contributed by atoms with Crippen LogP contribution in [0.4, 0.5) is 0 Å². The zero-order valence-electron chi connectivity index (χ0n) is 21.0. The van der Waals surface area contributed by atoms with Crippen LogP contribution in [0.15, 0.2) is 128 Å². The van der Waals surface area contributed by atoms with E-state index in [0.717, 1.165) is 29.9 Å². The molecule has 0 atom stereocenters. The van der Waals surface area contributed by atoms with Crippen LogP contribution in [0.3, 0.4) is 0 Å². The van der Waals surface area contributed by atoms with Crippen molar-refractivity contribution in [2.45, 2.75) is 32.7 Å². The third-order valence-corrected chi connectivity index (χ3v) is 7.14. The van der Waals surface area contributed by atoms with Crippen molar-refractivity contribution in [2.75, 3.05) is 6.54 Å². The normalized spacial score (nSPS) is 11.7. The van der Waals surface area contributed by atoms with Crippen molar-refractivity contribution in [1.29, 1.82) is 0 Å². The number of imidazole rings is 1. The average molecular weight is 462 g/mol. The quantitative estimate of drug-likeness (QED) is 0.204. The highest BCUT2D eigenvalue weighted by molar-refractivity contribution is 5.50. The monoisotopic (exact) mass is 461 g/mol. The van der Waals surface area contributed by atoms with Crippen molar-refractivity contribution in [2.24, 2.45) is 5.41 Å². The number of rotatable bonds is 10. The van der Waals surface area contributed by atoms with E-state index in [1.165, 1.54) is 16.7 Å². The van der Waals surface area contributed by atoms with E-state index in [4.69, 9.17) is 4.98 Å². The number of nitrogens with one attached hydrogen (secondary N) is 1. The zero-order valence-corrected chi connectivity index (χ0v) is 21.0. The third-order valence-electron chi connectivity index (χ3n) is 7.14. The van der Waals surface area contributed by atoms with Gasteiger partial charge < -0.3 is 9.88 Å². The summed E-state index contributed by atoms with van der Waals surface area (Å²) in [6.45, 7) is 15.5. The van der Waals surface area contributed by atoms with Crippen molar-refractivity contribution in [3.05, 3.63) is 150 Å². The standard InChI is InChI=1S/C32H35N3/c1-25(2)31(4,5)26(3)33-22-21-30-23-35(24-34-30)32(27-15-9-6-10-16-27,28-17-11-7-12-18-28)29-19-13-8-14-20-29/h6-20,23-24,33H,1,3,21-22H2,2,4-5H3. The lowest BCUT2D eigenvalue weighted by atomic mass is 9.77. The lowest BCUT2D eigenvalue weighted by molar-refractivity contribution is 0.493. The van der Waals surface area contributed by atoms with E-state index in [2.05, 4.69) is 134 Å². The van der Waals surface area contributed by atoms with Gasteiger partial charge in [0.25, 0.3) is 0 Å². The Labute approximate surface area is 209 Å². The first-order chi connectivity index (χ1) is 16.9. The molecule has 0 fully saturated rings. The maximum absolute atomic E-state index is 4.83. The molecule has 0 unspecified atom stereocenters. The molecule has 3 nitrogen and oxygen atoms in total. The summed E-state index contributed by atoms with van der Waals surface area (Å²) >= 11 is 0. The van der Waals surface area contributed by atoms with Crippen LogP contribution < -0.4 is 5.32 Å². The van der Waals surface area contributed by atoms with Gasteiger partial charge in [0.15, 0.2) is 0 Å². The predicted octanol–water partition coefficient (Wildman–Crippen LogP) is 6.97. The first-order valence-corrected chi connectivity index (χ1v) is 12.2. The van der Waals surface area contributed by atoms with Crippen molar-refractivity contribution < 1.29 is 0 Å². The molecule has 4 rings (SSSR count). The Hall–Kier alpha value is -3.85. The molecule has 1 aromatic heterocycles. The number of hydrogen-bond acceptors (Lipinski definition) is 2. The molecule has 1 heterocycles. The first-order valence-electron chi connectivity index (χ1n) is 12.2. The molecule has 0 aliphatic carbocycles. The molecular weight excluding hydrogens is 426 g/mol. The second-order valence-electron chi connectivity index (χ2n) is 9.64. The van der Waals surface area contributed by atoms with E-state index in [9.17, 15) is 0 Å². The van der Waals surface area contributed by atoms with Gasteiger partial charge in [0.1, 0.15) is 5.54 Å². The van der Waals surface area contributed by atoms with E-state index < -0.39 is 5.54 Å². The number of allylic oxidation sites excluding steroid dienone is 1. The van der Waals surface area contributed by atoms with Crippen molar-refractivity contribution in [1.82, 2.24) is 14.9 Å². The van der Waals surface area contributed by atoms with E-state index in [1.54, 1.807) is 0 Å². The Morgan fingerprint density at radius 1 is 0.800 bits per heavy atom. The Morgan fingerprint density at radius 3 is 1.69 bits per heavy atom. The number of aromatic nitrogens is 2. The predicted molar refractivity (Wildman–Crippen MR) is 146 cm³/mol. The molecule has 1 N–H and O–H groups in total. The smallest absolute Gasteiger partial charge is 0.121 e. The van der Waals surface area contributed by atoms with Gasteiger partial charge in [0, 0.05) is 30.3 Å². The van der Waals surface area contributed by atoms with Gasteiger partial charge in [-0.1, -0.05) is 124 Å². The lowest BCUT2D eigenvalue weighted by Gasteiger charge is -2.37. The van der Waals surface area contributed by atoms with Gasteiger partial charge in [-0.05, 0) is 23.6 Å². The molecule has 3 aromatic carbocycles. The van der Waals surface area contributed by atoms with Gasteiger partial charge in [0.2, 0.25) is 0 Å². The van der Waals surface area contributed by atoms with Crippen LogP contribution in [-0.2, 0) is 12.0 Å². The van der Waals surface area contributed by atoms with Crippen LogP contribution in [0.5, 0.6) is 0 Å². The van der Waals surface area contributed by atoms with Crippen LogP contribution in [-0.4, -0.2) is 16.1 Å². The summed E-state index contributed by atoms with van der Waals surface area (Å²) in [5.41, 5.74) is 6.00. The molecule has 0 aliphatic rings. The molecule has 0 spiro atoms. The SMILES string of the molecule is C=C(C)C(C)(C)C(=C)NCCc1cn(C(c2ccccc2)(c2ccccc2)c2ccccc2)cn1. The summed E-state index contributed by atoms with van der Waals surface area (Å²) in [6.07, 6.45) is 4.95. The molecule has 3 heteroatoms. The van der Waals surface area contributed by atoms with Gasteiger partial charge in [-0.25, -0.2) is 4.98 Å². The summed E-state index contributed by atoms with van der Waals surface area (Å²) in [6, 6.07) is 32.0. The van der Waals surface area contributed by atoms with Gasteiger partial charge in [-0.2, -0.15) is 0 Å². The number of nitrogens with zero attached hydrogens (tertiary/aromatic N) is 2. The van der Waals surface area contributed by atoms with Crippen molar-refractivity contribution >= 4 is 0 Å². The summed E-state index contributed by atoms with van der Waals surface area (Å²) in [5.74, 6) is 0. The summed E-state index contributed by atoms with van der Waals surface area (Å²) < 4.78 is 2.26. The van der Waals surface area contributed by atoms with Crippen molar-refractivity contribution in [3.8, 4) is 0 Å². The summed E-state index contributed by atoms with van der Waals surface area (Å²) in [5, 5.41) is 3.49. The minimum atomic E-state index is -0.534. The molecule has 0 radical (unpaired) electrons. The fraction of sp³-hybridized carbons (Fsp3) is 0.219. The molecule has 0 aliphatic heterocycles. The van der Waals surface area contributed by atoms with Gasteiger partial charge in [0.05, 0.1) is 12.0 Å². The number of benzene rings is 3. The Morgan fingerprint density at radius 2 is 1.26 bits per heavy atom. The summed E-state index contributed by atoms with van der Waals surface area (Å²) in [7, 11) is 0. The fourth-order valence-electron chi connectivity index (χ4n) is 4.48. The van der Waals surface area contributed by atoms with Crippen LogP contribution in [0.25, 0.3) is 0 Å². The lowest BCUT2D eigenvalue weighted by Crippen LogP contribution is -2.37. The molecule has 178 valence electrons. The maximum Gasteiger partial charge on any atom is 0.121 e. The molecule has 0 saturated heterocycles. The third kappa shape index (κ3) is 4.72. The van der Waals surface area contributed by atoms with E-state index >= 15 is 0 Å². The summed E-state index contributed by atoms with van der Waals surface area (Å²) in [4.78, 5) is 4.83. The minimum Gasteiger partial charge on any atom is -0.388 e. The second-order valence-corrected chi connectivity index (χ2v) is 9.64. The highest BCUT2D eigenvalue weighted by Gasteiger charge is 2.38. The number of hydrogen-bond donors (Lipinski definition) is 1. The molecule has 4 aromatic rings. The maximum atomic E-state index is 4.83. The Balaban J connectivity index is 1.73. The molecule has 0 amide bonds. The topological polar surface area (TPSA) is 29.9 Å². The first kappa shape index (κ1) is 24.3. The minimum absolute atomic E-state index is 0.150. The van der Waals surface area contributed by atoms with Gasteiger partial charge in [-0.15, -0.1) is 0 Å². The van der Waals surface area contributed by atoms with Gasteiger partial charge in [-0.3, -0.25) is 0 Å². The van der Waals surface area contributed by atoms with Crippen LogP contribution >= 0.6 is 0 Å². The van der Waals surface area contributed by atoms with Crippen molar-refractivity contribution in [3.63, 3.8) is 0 Å². The average Bonchev–Trinajstić information content (AvgIpc) is 3.35. The van der Waals surface area contributed by atoms with Crippen LogP contribution in [0.2, 0.25) is 0 Å². The van der Waals surface area contributed by atoms with Crippen LogP contribution in [0, 0.1) is 5.41 Å². The zero-order chi connectivity index (χ0) is 24.9. The second kappa shape index (κ2) is 10.2. The highest BCUT2D eigenvalue weighted by atomic mass is 15.1. The van der Waals surface area contributed by atoms with Gasteiger partial charge >= 0.3 is 0 Å². The molecule has 0 saturated carbocycles. The fourth-order valence-corrected chi connectivity index (χ4v) is 4.48.